The van der Waals surface area contributed by atoms with E-state index < -0.39 is 0 Å². The van der Waals surface area contributed by atoms with Crippen LogP contribution in [-0.4, -0.2) is 0 Å². The zero-order valence-electron chi connectivity index (χ0n) is 2.32. The summed E-state index contributed by atoms with van der Waals surface area (Å²) in [6, 6.07) is 0. The van der Waals surface area contributed by atoms with Crippen molar-refractivity contribution in [2.24, 2.45) is 0 Å². The van der Waals surface area contributed by atoms with E-state index in [0.29, 0.717) is 0 Å². The molecule has 0 bridgehead atoms. The maximum absolute atomic E-state index is 0. The van der Waals surface area contributed by atoms with E-state index in [-0.39, 0.29) is 46.5 Å². The van der Waals surface area contributed by atoms with E-state index in [0.717, 1.165) is 0 Å². The second kappa shape index (κ2) is 29.4. The summed E-state index contributed by atoms with van der Waals surface area (Å²) in [4.78, 5) is 0. The smallest absolute Gasteiger partial charge is 0.114 e. The molecule has 0 rings (SSSR count). The first kappa shape index (κ1) is 62.5. The third-order valence-corrected chi connectivity index (χ3v) is 0. The highest BCUT2D eigenvalue weighted by Gasteiger charge is -0.114. The van der Waals surface area contributed by atoms with Crippen LogP contribution in [0.15, 0.2) is 0 Å². The summed E-state index contributed by atoms with van der Waals surface area (Å²) in [7, 11) is 0. The first-order valence-corrected chi connectivity index (χ1v) is 0. The Kier molecular flexibility index (Phi) is 459. The second-order valence-corrected chi connectivity index (χ2v) is 0. The third kappa shape index (κ3) is 10.7. The molecule has 0 aliphatic heterocycles. The lowest BCUT2D eigenvalue weighted by Crippen LogP contribution is -0.481. The molecule has 0 aromatic carbocycles. The van der Waals surface area contributed by atoms with Gasteiger partial charge in [0.25, 0.3) is 0 Å². The molecule has 0 saturated carbocycles. The van der Waals surface area contributed by atoms with Crippen molar-refractivity contribution < 1.29 is 0 Å². The van der Waals surface area contributed by atoms with E-state index in [1.807, 2.05) is 0 Å². The minimum atomic E-state index is 0. The van der Waals surface area contributed by atoms with Gasteiger partial charge in [0.1, 0.15) is 0 Å². The molecule has 0 fully saturated rings. The minimum Gasteiger partial charge on any atom is -0.344 e. The van der Waals surface area contributed by atoms with Crippen LogP contribution < -0.4 is 6.15 Å². The van der Waals surface area contributed by atoms with Gasteiger partial charge in [-0.15, -0.1) is 17.0 Å². The lowest BCUT2D eigenvalue weighted by Gasteiger charge is -0.344. The van der Waals surface area contributed by atoms with Crippen LogP contribution in [0.1, 0.15) is 0 Å². The van der Waals surface area contributed by atoms with Crippen molar-refractivity contribution in [2.45, 2.75) is 0 Å². The monoisotopic (exact) mass is 165 g/mol. The molecule has 1 nitrogen and oxygen atoms in total. The van der Waals surface area contributed by atoms with Gasteiger partial charge in [0.15, 0.2) is 0 Å². The number of hydrogen-bond donors (Lipinski definition) is 1. The Balaban J connectivity index is 0. The van der Waals surface area contributed by atoms with Crippen molar-refractivity contribution in [3.63, 3.8) is 0 Å². The summed E-state index contributed by atoms with van der Waals surface area (Å²) in [5.41, 5.74) is 0. The van der Waals surface area contributed by atoms with Crippen LogP contribution in [-0.2, 0) is 0 Å². The van der Waals surface area contributed by atoms with Crippen molar-refractivity contribution in [1.29, 1.82) is 0 Å². The molecule has 0 amide bonds. The molecule has 4 heavy (non-hydrogen) atoms. The molecule has 3 N–H and O–H groups in total. The molecule has 0 radical (unpaired) electrons. The van der Waals surface area contributed by atoms with Gasteiger partial charge >= 0.3 is 0 Å². The average molecular weight is 166 g/mol. The van der Waals surface area contributed by atoms with Gasteiger partial charge in [0.05, 0.1) is 0 Å². The van der Waals surface area contributed by atoms with Gasteiger partial charge in [-0.25, -0.2) is 0 Å². The highest BCUT2D eigenvalue weighted by molar-refractivity contribution is 8.93. The Morgan fingerprint density at radius 2 is 1.00 bits per heavy atom. The van der Waals surface area contributed by atoms with Crippen molar-refractivity contribution in [1.82, 2.24) is 6.15 Å². The van der Waals surface area contributed by atoms with Crippen LogP contribution in [0.4, 0.5) is 0 Å². The van der Waals surface area contributed by atoms with Gasteiger partial charge in [-0.1, -0.05) is 0 Å². The van der Waals surface area contributed by atoms with E-state index in [1.165, 1.54) is 0 Å². The molecular formula is H9BrNPS. The summed E-state index contributed by atoms with van der Waals surface area (Å²) in [6.07, 6.45) is 0. The molecule has 1 unspecified atom stereocenters. The SMILES string of the molecule is Br.N.P.S. The predicted octanol–water partition coefficient (Wildman–Crippen LogP) is 0.911. The van der Waals surface area contributed by atoms with Gasteiger partial charge in [0, 0.05) is 0 Å². The lowest BCUT2D eigenvalue weighted by atomic mass is 14.0. The number of hydrogen-bond acceptors (Lipinski definition) is 1. The molecule has 0 spiro atoms. The van der Waals surface area contributed by atoms with Crippen molar-refractivity contribution in [2.75, 3.05) is 0 Å². The molecule has 0 aromatic heterocycles. The van der Waals surface area contributed by atoms with Crippen LogP contribution in [0, 0.1) is 0 Å². The highest BCUT2D eigenvalue weighted by atomic mass is 79.9. The number of halogens is 1. The summed E-state index contributed by atoms with van der Waals surface area (Å²) >= 11 is 0. The zero-order chi connectivity index (χ0) is 0. The number of rotatable bonds is 0. The normalized spacial score (nSPS) is 0. The predicted molar refractivity (Wildman–Crippen MR) is 36.8 cm³/mol. The average Bonchev–Trinajstić information content (AvgIpc) is 0. The van der Waals surface area contributed by atoms with Gasteiger partial charge in [-0.05, 0) is 0 Å². The lowest BCUT2D eigenvalue weighted by molar-refractivity contribution is 2.13. The molecular weight excluding hydrogens is 157 g/mol. The summed E-state index contributed by atoms with van der Waals surface area (Å²) in [5.74, 6) is 0. The standard InChI is InChI=1S/BrH.H3N.H3P.H2S/h1H;2*1H3;1H2. The van der Waals surface area contributed by atoms with E-state index in [2.05, 4.69) is 0 Å². The molecule has 0 aliphatic rings. The van der Waals surface area contributed by atoms with Crippen LogP contribution in [0.25, 0.3) is 0 Å². The van der Waals surface area contributed by atoms with Gasteiger partial charge in [-0.3, -0.25) is 0 Å². The molecule has 0 heterocycles. The van der Waals surface area contributed by atoms with Crippen LogP contribution in [0.5, 0.6) is 0 Å². The van der Waals surface area contributed by atoms with Gasteiger partial charge < -0.3 is 6.15 Å². The fourth-order valence-electron chi connectivity index (χ4n) is 0. The molecule has 0 aromatic rings. The van der Waals surface area contributed by atoms with E-state index in [1.54, 1.807) is 0 Å². The Morgan fingerprint density at radius 3 is 1.00 bits per heavy atom. The van der Waals surface area contributed by atoms with Gasteiger partial charge in [-0.2, -0.15) is 23.4 Å². The van der Waals surface area contributed by atoms with E-state index in [9.17, 15) is 0 Å². The van der Waals surface area contributed by atoms with Gasteiger partial charge in [0.2, 0.25) is 0 Å². The van der Waals surface area contributed by atoms with E-state index in [4.69, 9.17) is 0 Å². The Hall–Kier alpha value is 1.22. The van der Waals surface area contributed by atoms with Crippen LogP contribution in [0.2, 0.25) is 0 Å². The van der Waals surface area contributed by atoms with Crippen molar-refractivity contribution >= 4 is 40.4 Å². The first-order valence-electron chi connectivity index (χ1n) is 0. The molecule has 0 aliphatic carbocycles. The van der Waals surface area contributed by atoms with Crippen molar-refractivity contribution in [3.8, 4) is 0 Å². The quantitative estimate of drug-likeness (QED) is 0.533. The molecule has 1 atom stereocenters. The Bertz CT molecular complexity index is 8.00. The topological polar surface area (TPSA) is 35.0 Å². The first-order chi connectivity index (χ1) is 0. The van der Waals surface area contributed by atoms with E-state index >= 15 is 0 Å². The summed E-state index contributed by atoms with van der Waals surface area (Å²) in [5, 5.41) is 0. The Labute approximate surface area is 47.0 Å². The molecule has 32 valence electrons. The molecule has 0 saturated heterocycles. The van der Waals surface area contributed by atoms with Crippen molar-refractivity contribution in [3.05, 3.63) is 0 Å². The third-order valence-electron chi connectivity index (χ3n) is 0. The van der Waals surface area contributed by atoms with Crippen LogP contribution in [0.3, 0.4) is 0 Å². The minimum absolute atomic E-state index is 0. The largest absolute Gasteiger partial charge is 0.344 e. The summed E-state index contributed by atoms with van der Waals surface area (Å²) < 4.78 is 0. The zero-order valence-corrected chi connectivity index (χ0v) is 6.45. The molecule has 4 heteroatoms. The fraction of sp³-hybridized carbons (Fsp3) is 0. The fourth-order valence-corrected chi connectivity index (χ4v) is 0. The maximum atomic E-state index is 0. The maximum Gasteiger partial charge on any atom is -0.114 e. The highest BCUT2D eigenvalue weighted by Crippen LogP contribution is 0.861. The second-order valence-electron chi connectivity index (χ2n) is 0. The summed E-state index contributed by atoms with van der Waals surface area (Å²) in [6.45, 7) is 0. The Morgan fingerprint density at radius 1 is 1.00 bits per heavy atom. The van der Waals surface area contributed by atoms with Crippen LogP contribution >= 0.6 is 40.4 Å².